The van der Waals surface area contributed by atoms with Gasteiger partial charge in [0.15, 0.2) is 10.8 Å². The predicted octanol–water partition coefficient (Wildman–Crippen LogP) is 4.61. The zero-order chi connectivity index (χ0) is 20.6. The summed E-state index contributed by atoms with van der Waals surface area (Å²) in [5.41, 5.74) is 4.08. The Morgan fingerprint density at radius 2 is 2.07 bits per heavy atom. The van der Waals surface area contributed by atoms with Gasteiger partial charge in [0.05, 0.1) is 29.0 Å². The first kappa shape index (κ1) is 19.9. The molecule has 0 fully saturated rings. The molecule has 4 rings (SSSR count). The van der Waals surface area contributed by atoms with Crippen LogP contribution < -0.4 is 5.56 Å². The Labute approximate surface area is 174 Å². The summed E-state index contributed by atoms with van der Waals surface area (Å²) in [4.78, 5) is 23.0. The molecule has 0 saturated carbocycles. The Hall–Kier alpha value is -2.44. The van der Waals surface area contributed by atoms with E-state index in [1.165, 1.54) is 11.8 Å². The minimum absolute atomic E-state index is 0.107. The maximum Gasteiger partial charge on any atom is 0.268 e. The maximum atomic E-state index is 13.5. The fourth-order valence-corrected chi connectivity index (χ4v) is 4.22. The normalized spacial score (nSPS) is 18.6. The van der Waals surface area contributed by atoms with E-state index in [4.69, 9.17) is 14.7 Å². The van der Waals surface area contributed by atoms with Gasteiger partial charge in [0.25, 0.3) is 5.56 Å². The van der Waals surface area contributed by atoms with Gasteiger partial charge in [-0.25, -0.2) is 9.97 Å². The summed E-state index contributed by atoms with van der Waals surface area (Å²) in [6.45, 7) is 10.5. The molecule has 1 aliphatic rings. The topological polar surface area (TPSA) is 57.0 Å². The Balaban J connectivity index is 1.92. The molecular formula is C23H25N3O2S. The molecule has 1 aromatic carbocycles. The van der Waals surface area contributed by atoms with Crippen LogP contribution in [0.2, 0.25) is 0 Å². The zero-order valence-corrected chi connectivity index (χ0v) is 17.9. The van der Waals surface area contributed by atoms with Crippen LogP contribution in [-0.4, -0.2) is 25.9 Å². The molecule has 2 aromatic heterocycles. The van der Waals surface area contributed by atoms with E-state index in [1.807, 2.05) is 43.3 Å². The van der Waals surface area contributed by atoms with Crippen molar-refractivity contribution < 1.29 is 4.74 Å². The van der Waals surface area contributed by atoms with Crippen molar-refractivity contribution in [2.24, 2.45) is 0 Å². The van der Waals surface area contributed by atoms with Crippen LogP contribution in [-0.2, 0) is 17.8 Å². The van der Waals surface area contributed by atoms with Gasteiger partial charge >= 0.3 is 0 Å². The molecule has 0 unspecified atom stereocenters. The molecule has 1 atom stereocenters. The second kappa shape index (κ2) is 7.76. The number of aromatic nitrogens is 3. The van der Waals surface area contributed by atoms with E-state index in [2.05, 4.69) is 20.4 Å². The molecule has 0 aliphatic carbocycles. The van der Waals surface area contributed by atoms with Gasteiger partial charge in [-0.15, -0.1) is 6.58 Å². The van der Waals surface area contributed by atoms with Crippen molar-refractivity contribution in [1.82, 2.24) is 14.5 Å². The number of thioether (sulfide) groups is 1. The van der Waals surface area contributed by atoms with Crippen molar-refractivity contribution in [2.45, 2.75) is 51.0 Å². The van der Waals surface area contributed by atoms with Crippen molar-refractivity contribution in [2.75, 3.05) is 5.75 Å². The largest absolute Gasteiger partial charge is 0.370 e. The van der Waals surface area contributed by atoms with Crippen LogP contribution in [0.3, 0.4) is 0 Å². The molecule has 5 nitrogen and oxygen atoms in total. The molecular weight excluding hydrogens is 382 g/mol. The van der Waals surface area contributed by atoms with E-state index in [0.29, 0.717) is 28.5 Å². The molecule has 0 saturated heterocycles. The van der Waals surface area contributed by atoms with Crippen molar-refractivity contribution in [3.63, 3.8) is 0 Å². The molecule has 1 aliphatic heterocycles. The molecule has 3 aromatic rings. The summed E-state index contributed by atoms with van der Waals surface area (Å²) >= 11 is 1.49. The van der Waals surface area contributed by atoms with Crippen molar-refractivity contribution in [3.05, 3.63) is 70.2 Å². The van der Waals surface area contributed by atoms with Gasteiger partial charge in [0, 0.05) is 17.7 Å². The van der Waals surface area contributed by atoms with Gasteiger partial charge in [0.2, 0.25) is 0 Å². The van der Waals surface area contributed by atoms with E-state index >= 15 is 0 Å². The molecule has 0 bridgehead atoms. The van der Waals surface area contributed by atoms with Gasteiger partial charge in [-0.05, 0) is 38.5 Å². The highest BCUT2D eigenvalue weighted by atomic mass is 32.2. The number of benzene rings is 1. The molecule has 0 spiro atoms. The van der Waals surface area contributed by atoms with Gasteiger partial charge in [-0.1, -0.05) is 42.5 Å². The van der Waals surface area contributed by atoms with Gasteiger partial charge in [0.1, 0.15) is 0 Å². The number of pyridine rings is 1. The van der Waals surface area contributed by atoms with Crippen LogP contribution in [0.5, 0.6) is 0 Å². The fourth-order valence-electron chi connectivity index (χ4n) is 3.49. The molecule has 6 heteroatoms. The van der Waals surface area contributed by atoms with Crippen LogP contribution >= 0.6 is 11.8 Å². The zero-order valence-electron chi connectivity index (χ0n) is 17.1. The number of rotatable bonds is 5. The van der Waals surface area contributed by atoms with Crippen LogP contribution in [0.4, 0.5) is 0 Å². The number of aryl methyl sites for hydroxylation is 1. The molecule has 150 valence electrons. The second-order valence-electron chi connectivity index (χ2n) is 7.70. The number of hydrogen-bond acceptors (Lipinski definition) is 5. The first-order valence-electron chi connectivity index (χ1n) is 9.84. The Bertz CT molecular complexity index is 1140. The van der Waals surface area contributed by atoms with Gasteiger partial charge < -0.3 is 4.74 Å². The molecule has 0 N–H and O–H groups in total. The predicted molar refractivity (Wildman–Crippen MR) is 118 cm³/mol. The lowest BCUT2D eigenvalue weighted by atomic mass is 9.91. The summed E-state index contributed by atoms with van der Waals surface area (Å²) < 4.78 is 7.72. The van der Waals surface area contributed by atoms with Crippen molar-refractivity contribution in [1.29, 1.82) is 0 Å². The molecule has 29 heavy (non-hydrogen) atoms. The quantitative estimate of drug-likeness (QED) is 0.351. The molecule has 3 heterocycles. The van der Waals surface area contributed by atoms with Crippen LogP contribution in [0.25, 0.3) is 16.7 Å². The Kier molecular flexibility index (Phi) is 5.32. The maximum absolute atomic E-state index is 13.5. The highest BCUT2D eigenvalue weighted by Crippen LogP contribution is 2.31. The summed E-state index contributed by atoms with van der Waals surface area (Å²) in [6.07, 6.45) is 3.45. The summed E-state index contributed by atoms with van der Waals surface area (Å²) in [6, 6.07) is 9.81. The number of fused-ring (bicyclic) bond motifs is 2. The van der Waals surface area contributed by atoms with Crippen LogP contribution in [0.15, 0.2) is 52.9 Å². The van der Waals surface area contributed by atoms with Crippen LogP contribution in [0, 0.1) is 6.92 Å². The average Bonchev–Trinajstić information content (AvgIpc) is 2.72. The van der Waals surface area contributed by atoms with E-state index in [9.17, 15) is 4.79 Å². The second-order valence-corrected chi connectivity index (χ2v) is 8.69. The van der Waals surface area contributed by atoms with Gasteiger partial charge in [-0.2, -0.15) is 0 Å². The lowest BCUT2D eigenvalue weighted by molar-refractivity contribution is -0.0573. The average molecular weight is 408 g/mol. The lowest BCUT2D eigenvalue weighted by Gasteiger charge is -2.33. The Morgan fingerprint density at radius 1 is 1.31 bits per heavy atom. The van der Waals surface area contributed by atoms with Crippen molar-refractivity contribution in [3.8, 4) is 5.69 Å². The number of hydrogen-bond donors (Lipinski definition) is 0. The van der Waals surface area contributed by atoms with Crippen molar-refractivity contribution >= 4 is 22.8 Å². The minimum Gasteiger partial charge on any atom is -0.370 e. The Morgan fingerprint density at radius 3 is 2.76 bits per heavy atom. The summed E-state index contributed by atoms with van der Waals surface area (Å²) in [7, 11) is 0. The standard InChI is InChI=1S/C23H25N3O2S/c1-5-11-29-22-25-20-18(21(27)26(22)17-9-7-15(3)8-10-17)12-16-14-28-23(4,6-2)13-19(16)24-20/h5,7-10,12H,1,6,11,13-14H2,2-4H3/t23-/m0/s1. The van der Waals surface area contributed by atoms with E-state index < -0.39 is 0 Å². The number of nitrogens with zero attached hydrogens (tertiary/aromatic N) is 3. The summed E-state index contributed by atoms with van der Waals surface area (Å²) in [5, 5.41) is 1.15. The van der Waals surface area contributed by atoms with Crippen LogP contribution in [0.1, 0.15) is 37.1 Å². The van der Waals surface area contributed by atoms with Gasteiger partial charge in [-0.3, -0.25) is 9.36 Å². The first-order chi connectivity index (χ1) is 13.9. The number of ether oxygens (including phenoxy) is 1. The van der Waals surface area contributed by atoms with E-state index in [0.717, 1.165) is 35.3 Å². The molecule has 0 amide bonds. The molecule has 0 radical (unpaired) electrons. The fraction of sp³-hybridized carbons (Fsp3) is 0.348. The third-order valence-corrected chi connectivity index (χ3v) is 6.42. The monoisotopic (exact) mass is 407 g/mol. The minimum atomic E-state index is -0.217. The smallest absolute Gasteiger partial charge is 0.268 e. The highest BCUT2D eigenvalue weighted by molar-refractivity contribution is 7.99. The first-order valence-corrected chi connectivity index (χ1v) is 10.8. The lowest BCUT2D eigenvalue weighted by Crippen LogP contribution is -2.35. The summed E-state index contributed by atoms with van der Waals surface area (Å²) in [5.74, 6) is 0.663. The third-order valence-electron chi connectivity index (χ3n) is 5.49. The van der Waals surface area contributed by atoms with E-state index in [1.54, 1.807) is 4.57 Å². The van der Waals surface area contributed by atoms with E-state index in [-0.39, 0.29) is 11.2 Å². The highest BCUT2D eigenvalue weighted by Gasteiger charge is 2.31. The SMILES string of the molecule is C=CCSc1nc2nc3c(cc2c(=O)n1-c1ccc(C)cc1)CO[C@@](C)(CC)C3. The third kappa shape index (κ3) is 3.74.